The van der Waals surface area contributed by atoms with Gasteiger partial charge in [0, 0.05) is 24.8 Å². The Morgan fingerprint density at radius 1 is 1.04 bits per heavy atom. The van der Waals surface area contributed by atoms with Gasteiger partial charge in [0.15, 0.2) is 6.61 Å². The second-order valence-electron chi connectivity index (χ2n) is 7.25. The molecule has 1 heterocycles. The van der Waals surface area contributed by atoms with E-state index in [1.165, 1.54) is 30.4 Å². The summed E-state index contributed by atoms with van der Waals surface area (Å²) in [6, 6.07) is 16.6. The second kappa shape index (κ2) is 7.92. The van der Waals surface area contributed by atoms with Gasteiger partial charge in [0.1, 0.15) is 5.75 Å². The normalized spacial score (nSPS) is 17.7. The standard InChI is InChI=1S/C22H26N2O2/c25-22(23-19-5-2-1-3-6-19)16-26-21-10-9-17-11-13-24(20-7-4-8-20)14-12-18(17)15-21/h1-3,5-6,9-10,15,20H,4,7-8,11-14,16H2,(H,23,25). The minimum atomic E-state index is -0.137. The van der Waals surface area contributed by atoms with Crippen molar-refractivity contribution >= 4 is 11.6 Å². The zero-order valence-electron chi connectivity index (χ0n) is 15.1. The number of anilines is 1. The Morgan fingerprint density at radius 2 is 1.81 bits per heavy atom. The third kappa shape index (κ3) is 4.07. The van der Waals surface area contributed by atoms with Gasteiger partial charge in [-0.1, -0.05) is 30.7 Å². The summed E-state index contributed by atoms with van der Waals surface area (Å²) in [5, 5.41) is 2.84. The minimum Gasteiger partial charge on any atom is -0.484 e. The number of nitrogens with zero attached hydrogens (tertiary/aromatic N) is 1. The highest BCUT2D eigenvalue weighted by Gasteiger charge is 2.26. The SMILES string of the molecule is O=C(COc1ccc2c(c1)CCN(C1CCC1)CC2)Nc1ccccc1. The Hall–Kier alpha value is -2.33. The number of nitrogens with one attached hydrogen (secondary N) is 1. The van der Waals surface area contributed by atoms with Crippen molar-refractivity contribution in [2.75, 3.05) is 25.0 Å². The molecule has 1 aliphatic carbocycles. The number of carbonyl (C=O) groups excluding carboxylic acids is 1. The van der Waals surface area contributed by atoms with Gasteiger partial charge in [-0.15, -0.1) is 0 Å². The van der Waals surface area contributed by atoms with Gasteiger partial charge in [0.2, 0.25) is 0 Å². The molecule has 0 saturated heterocycles. The average Bonchev–Trinajstić information content (AvgIpc) is 2.82. The van der Waals surface area contributed by atoms with Crippen LogP contribution in [-0.2, 0) is 17.6 Å². The molecule has 1 saturated carbocycles. The van der Waals surface area contributed by atoms with Crippen LogP contribution in [0.15, 0.2) is 48.5 Å². The van der Waals surface area contributed by atoms with Crippen molar-refractivity contribution in [2.24, 2.45) is 0 Å². The van der Waals surface area contributed by atoms with Gasteiger partial charge in [0.05, 0.1) is 0 Å². The lowest BCUT2D eigenvalue weighted by molar-refractivity contribution is -0.118. The Morgan fingerprint density at radius 3 is 2.54 bits per heavy atom. The molecule has 4 rings (SSSR count). The zero-order chi connectivity index (χ0) is 17.8. The van der Waals surface area contributed by atoms with Crippen LogP contribution >= 0.6 is 0 Å². The van der Waals surface area contributed by atoms with Crippen LogP contribution in [0.5, 0.6) is 5.75 Å². The number of para-hydroxylation sites is 1. The topological polar surface area (TPSA) is 41.6 Å². The smallest absolute Gasteiger partial charge is 0.262 e. The van der Waals surface area contributed by atoms with E-state index in [9.17, 15) is 4.79 Å². The third-order valence-electron chi connectivity index (χ3n) is 5.53. The summed E-state index contributed by atoms with van der Waals surface area (Å²) >= 11 is 0. The van der Waals surface area contributed by atoms with Crippen LogP contribution in [-0.4, -0.2) is 36.5 Å². The molecule has 4 heteroatoms. The van der Waals surface area contributed by atoms with Gasteiger partial charge in [0.25, 0.3) is 5.91 Å². The van der Waals surface area contributed by atoms with Crippen LogP contribution in [0.25, 0.3) is 0 Å². The summed E-state index contributed by atoms with van der Waals surface area (Å²) in [5.74, 6) is 0.645. The summed E-state index contributed by atoms with van der Waals surface area (Å²) < 4.78 is 5.73. The van der Waals surface area contributed by atoms with Crippen molar-refractivity contribution in [2.45, 2.75) is 38.1 Å². The number of carbonyl (C=O) groups is 1. The largest absolute Gasteiger partial charge is 0.484 e. The fourth-order valence-corrected chi connectivity index (χ4v) is 3.79. The molecule has 0 atom stereocenters. The first-order valence-electron chi connectivity index (χ1n) is 9.61. The van der Waals surface area contributed by atoms with E-state index in [0.717, 1.165) is 43.4 Å². The number of benzene rings is 2. The van der Waals surface area contributed by atoms with Crippen molar-refractivity contribution in [3.8, 4) is 5.75 Å². The summed E-state index contributed by atoms with van der Waals surface area (Å²) in [7, 11) is 0. The molecule has 0 unspecified atom stereocenters. The van der Waals surface area contributed by atoms with E-state index in [1.54, 1.807) is 0 Å². The predicted octanol–water partition coefficient (Wildman–Crippen LogP) is 3.66. The number of hydrogen-bond donors (Lipinski definition) is 1. The van der Waals surface area contributed by atoms with E-state index >= 15 is 0 Å². The van der Waals surface area contributed by atoms with Gasteiger partial charge in [-0.3, -0.25) is 9.69 Å². The average molecular weight is 350 g/mol. The summed E-state index contributed by atoms with van der Waals surface area (Å²) in [5.41, 5.74) is 3.58. The highest BCUT2D eigenvalue weighted by Crippen LogP contribution is 2.28. The second-order valence-corrected chi connectivity index (χ2v) is 7.25. The fraction of sp³-hybridized carbons (Fsp3) is 0.409. The molecule has 4 nitrogen and oxygen atoms in total. The van der Waals surface area contributed by atoms with E-state index < -0.39 is 0 Å². The molecule has 1 fully saturated rings. The fourth-order valence-electron chi connectivity index (χ4n) is 3.79. The Labute approximate surface area is 155 Å². The monoisotopic (exact) mass is 350 g/mol. The molecule has 0 spiro atoms. The molecular formula is C22H26N2O2. The van der Waals surface area contributed by atoms with E-state index in [4.69, 9.17) is 4.74 Å². The van der Waals surface area contributed by atoms with Crippen molar-refractivity contribution in [1.29, 1.82) is 0 Å². The maximum absolute atomic E-state index is 12.0. The summed E-state index contributed by atoms with van der Waals surface area (Å²) in [6.45, 7) is 2.33. The van der Waals surface area contributed by atoms with Crippen LogP contribution in [0.2, 0.25) is 0 Å². The van der Waals surface area contributed by atoms with Crippen molar-refractivity contribution in [3.63, 3.8) is 0 Å². The lowest BCUT2D eigenvalue weighted by Crippen LogP contribution is -2.41. The summed E-state index contributed by atoms with van der Waals surface area (Å²) in [4.78, 5) is 14.7. The molecular weight excluding hydrogens is 324 g/mol. The number of fused-ring (bicyclic) bond motifs is 1. The molecule has 1 aliphatic heterocycles. The Kier molecular flexibility index (Phi) is 5.21. The van der Waals surface area contributed by atoms with E-state index in [-0.39, 0.29) is 12.5 Å². The van der Waals surface area contributed by atoms with Crippen molar-refractivity contribution in [1.82, 2.24) is 4.90 Å². The van der Waals surface area contributed by atoms with Crippen LogP contribution in [0.1, 0.15) is 30.4 Å². The van der Waals surface area contributed by atoms with E-state index in [2.05, 4.69) is 22.3 Å². The number of hydrogen-bond acceptors (Lipinski definition) is 3. The van der Waals surface area contributed by atoms with E-state index in [0.29, 0.717) is 0 Å². The molecule has 0 radical (unpaired) electrons. The maximum atomic E-state index is 12.0. The van der Waals surface area contributed by atoms with Crippen LogP contribution < -0.4 is 10.1 Å². The van der Waals surface area contributed by atoms with Crippen molar-refractivity contribution < 1.29 is 9.53 Å². The van der Waals surface area contributed by atoms with Crippen molar-refractivity contribution in [3.05, 3.63) is 59.7 Å². The lowest BCUT2D eigenvalue weighted by atomic mass is 9.91. The van der Waals surface area contributed by atoms with Crippen LogP contribution in [0.4, 0.5) is 5.69 Å². The van der Waals surface area contributed by atoms with Gasteiger partial charge >= 0.3 is 0 Å². The highest BCUT2D eigenvalue weighted by molar-refractivity contribution is 5.91. The number of ether oxygens (including phenoxy) is 1. The molecule has 1 N–H and O–H groups in total. The summed E-state index contributed by atoms with van der Waals surface area (Å²) in [6.07, 6.45) is 6.29. The molecule has 26 heavy (non-hydrogen) atoms. The van der Waals surface area contributed by atoms with Gasteiger partial charge in [-0.05, 0) is 61.1 Å². The zero-order valence-corrected chi connectivity index (χ0v) is 15.1. The minimum absolute atomic E-state index is 0.0296. The van der Waals surface area contributed by atoms with Crippen LogP contribution in [0.3, 0.4) is 0 Å². The number of amides is 1. The molecule has 1 amide bonds. The van der Waals surface area contributed by atoms with Gasteiger partial charge in [-0.25, -0.2) is 0 Å². The Balaban J connectivity index is 1.33. The van der Waals surface area contributed by atoms with Gasteiger partial charge < -0.3 is 10.1 Å². The molecule has 0 aromatic heterocycles. The molecule has 2 aliphatic rings. The molecule has 2 aromatic carbocycles. The lowest BCUT2D eigenvalue weighted by Gasteiger charge is -2.36. The predicted molar refractivity (Wildman–Crippen MR) is 104 cm³/mol. The highest BCUT2D eigenvalue weighted by atomic mass is 16.5. The van der Waals surface area contributed by atoms with Gasteiger partial charge in [-0.2, -0.15) is 0 Å². The molecule has 2 aromatic rings. The molecule has 0 bridgehead atoms. The Bertz CT molecular complexity index is 756. The first kappa shape index (κ1) is 17.1. The molecule has 136 valence electrons. The van der Waals surface area contributed by atoms with Crippen LogP contribution in [0, 0.1) is 0 Å². The first-order valence-corrected chi connectivity index (χ1v) is 9.61. The first-order chi connectivity index (χ1) is 12.8. The quantitative estimate of drug-likeness (QED) is 0.895. The number of rotatable bonds is 5. The van der Waals surface area contributed by atoms with E-state index in [1.807, 2.05) is 36.4 Å². The maximum Gasteiger partial charge on any atom is 0.262 e. The third-order valence-corrected chi connectivity index (χ3v) is 5.53.